The molecule has 1 saturated carbocycles. The molecule has 1 aromatic carbocycles. The van der Waals surface area contributed by atoms with Crippen molar-refractivity contribution in [2.24, 2.45) is 0 Å². The van der Waals surface area contributed by atoms with E-state index in [9.17, 15) is 4.79 Å². The van der Waals surface area contributed by atoms with Crippen LogP contribution in [0.15, 0.2) is 48.9 Å². The molecule has 0 spiro atoms. The van der Waals surface area contributed by atoms with Crippen molar-refractivity contribution >= 4 is 17.5 Å². The molecule has 3 N–H and O–H groups in total. The molecule has 0 unspecified atom stereocenters. The van der Waals surface area contributed by atoms with Crippen LogP contribution in [0.3, 0.4) is 0 Å². The third kappa shape index (κ3) is 3.40. The van der Waals surface area contributed by atoms with E-state index < -0.39 is 0 Å². The van der Waals surface area contributed by atoms with Crippen LogP contribution in [0.1, 0.15) is 43.1 Å². The summed E-state index contributed by atoms with van der Waals surface area (Å²) in [5.74, 6) is 2.34. The van der Waals surface area contributed by atoms with Gasteiger partial charge in [0.25, 0.3) is 0 Å². The van der Waals surface area contributed by atoms with Crippen LogP contribution in [-0.4, -0.2) is 25.8 Å². The number of nitrogens with one attached hydrogen (secondary N) is 3. The number of carbonyl (C=O) groups is 1. The first-order valence-electron chi connectivity index (χ1n) is 8.41. The van der Waals surface area contributed by atoms with Crippen LogP contribution in [0.2, 0.25) is 0 Å². The molecule has 7 nitrogen and oxygen atoms in total. The van der Waals surface area contributed by atoms with Crippen LogP contribution < -0.4 is 10.6 Å². The average molecular weight is 336 g/mol. The first kappa shape index (κ1) is 15.4. The molecule has 0 radical (unpaired) electrons. The fourth-order valence-electron chi connectivity index (χ4n) is 2.93. The second kappa shape index (κ2) is 6.43. The molecule has 1 aliphatic rings. The molecule has 4 rings (SSSR count). The Labute approximate surface area is 145 Å². The van der Waals surface area contributed by atoms with Crippen LogP contribution in [0.5, 0.6) is 0 Å². The van der Waals surface area contributed by atoms with Gasteiger partial charge in [0, 0.05) is 30.1 Å². The second-order valence-corrected chi connectivity index (χ2v) is 6.31. The van der Waals surface area contributed by atoms with E-state index in [-0.39, 0.29) is 12.1 Å². The Hall–Kier alpha value is -3.09. The largest absolute Gasteiger partial charge is 0.327 e. The molecule has 1 fully saturated rings. The number of H-pyrrole nitrogens is 1. The Morgan fingerprint density at radius 3 is 2.68 bits per heavy atom. The van der Waals surface area contributed by atoms with Crippen LogP contribution in [0.25, 0.3) is 0 Å². The maximum Gasteiger partial charge on any atom is 0.324 e. The molecule has 0 bridgehead atoms. The third-order valence-electron chi connectivity index (χ3n) is 4.46. The van der Waals surface area contributed by atoms with Gasteiger partial charge < -0.3 is 9.88 Å². The lowest BCUT2D eigenvalue weighted by Gasteiger charge is -2.17. The van der Waals surface area contributed by atoms with E-state index in [2.05, 4.69) is 37.3 Å². The average Bonchev–Trinajstić information content (AvgIpc) is 3.12. The van der Waals surface area contributed by atoms with Crippen molar-refractivity contribution in [2.75, 3.05) is 10.6 Å². The van der Waals surface area contributed by atoms with Crippen molar-refractivity contribution in [3.05, 3.63) is 60.3 Å². The molecule has 3 aromatic rings. The highest BCUT2D eigenvalue weighted by Gasteiger charge is 2.29. The quantitative estimate of drug-likeness (QED) is 0.663. The number of anilines is 2. The molecule has 7 heteroatoms. The second-order valence-electron chi connectivity index (χ2n) is 6.31. The van der Waals surface area contributed by atoms with Gasteiger partial charge in [0.1, 0.15) is 11.6 Å². The fraction of sp³-hybridized carbons (Fsp3) is 0.278. The summed E-state index contributed by atoms with van der Waals surface area (Å²) in [4.78, 5) is 16.4. The van der Waals surface area contributed by atoms with E-state index in [1.807, 2.05) is 36.7 Å². The maximum absolute atomic E-state index is 11.9. The van der Waals surface area contributed by atoms with Crippen LogP contribution in [0.4, 0.5) is 16.3 Å². The van der Waals surface area contributed by atoms with Crippen molar-refractivity contribution in [2.45, 2.75) is 31.7 Å². The van der Waals surface area contributed by atoms with Gasteiger partial charge in [-0.2, -0.15) is 5.10 Å². The lowest BCUT2D eigenvalue weighted by atomic mass is 10.1. The lowest BCUT2D eigenvalue weighted by molar-refractivity contribution is 0.262. The predicted molar refractivity (Wildman–Crippen MR) is 95.7 cm³/mol. The Balaban J connectivity index is 1.42. The Morgan fingerprint density at radius 1 is 1.20 bits per heavy atom. The molecule has 128 valence electrons. The minimum absolute atomic E-state index is 0.214. The molecule has 2 amide bonds. The highest BCUT2D eigenvalue weighted by Crippen LogP contribution is 2.40. The lowest BCUT2D eigenvalue weighted by Crippen LogP contribution is -2.19. The van der Waals surface area contributed by atoms with Crippen LogP contribution in [-0.2, 0) is 0 Å². The number of benzene rings is 1. The molecule has 2 aromatic heterocycles. The van der Waals surface area contributed by atoms with Crippen molar-refractivity contribution in [1.29, 1.82) is 0 Å². The monoisotopic (exact) mass is 336 g/mol. The number of aromatic amines is 1. The number of hydrogen-bond donors (Lipinski definition) is 3. The summed E-state index contributed by atoms with van der Waals surface area (Å²) in [7, 11) is 0. The van der Waals surface area contributed by atoms with Gasteiger partial charge in [0.2, 0.25) is 0 Å². The number of hydrogen-bond acceptors (Lipinski definition) is 3. The minimum Gasteiger partial charge on any atom is -0.327 e. The maximum atomic E-state index is 11.9. The van der Waals surface area contributed by atoms with Crippen LogP contribution in [0, 0.1) is 0 Å². The van der Waals surface area contributed by atoms with Crippen molar-refractivity contribution in [1.82, 2.24) is 19.7 Å². The number of rotatable bonds is 5. The third-order valence-corrected chi connectivity index (χ3v) is 4.46. The molecule has 25 heavy (non-hydrogen) atoms. The highest BCUT2D eigenvalue weighted by molar-refractivity contribution is 5.99. The summed E-state index contributed by atoms with van der Waals surface area (Å²) >= 11 is 0. The van der Waals surface area contributed by atoms with E-state index in [4.69, 9.17) is 0 Å². The number of imidazole rings is 1. The standard InChI is InChI=1S/C18H20N6O/c1-12(24-11-10-19-17(24)14-2-3-14)13-4-6-15(7-5-13)21-18(25)22-16-8-9-20-23-16/h4-12,14H,2-3H2,1H3,(H3,20,21,22,23,25)/t12-/m0/s1. The van der Waals surface area contributed by atoms with E-state index >= 15 is 0 Å². The summed E-state index contributed by atoms with van der Waals surface area (Å²) in [6.07, 6.45) is 7.97. The summed E-state index contributed by atoms with van der Waals surface area (Å²) in [5.41, 5.74) is 1.92. The van der Waals surface area contributed by atoms with Gasteiger partial charge >= 0.3 is 6.03 Å². The zero-order valence-corrected chi connectivity index (χ0v) is 13.9. The first-order chi connectivity index (χ1) is 12.2. The number of nitrogens with zero attached hydrogens (tertiary/aromatic N) is 3. The molecule has 2 heterocycles. The van der Waals surface area contributed by atoms with Crippen LogP contribution >= 0.6 is 0 Å². The summed E-state index contributed by atoms with van der Waals surface area (Å²) in [6, 6.07) is 9.48. The molecular formula is C18H20N6O. The van der Waals surface area contributed by atoms with Gasteiger partial charge in [0.15, 0.2) is 0 Å². The van der Waals surface area contributed by atoms with Gasteiger partial charge in [-0.1, -0.05) is 12.1 Å². The number of amides is 2. The molecule has 1 aliphatic carbocycles. The van der Waals surface area contributed by atoms with E-state index in [1.54, 1.807) is 12.3 Å². The molecule has 1 atom stereocenters. The minimum atomic E-state index is -0.310. The predicted octanol–water partition coefficient (Wildman–Crippen LogP) is 3.74. The van der Waals surface area contributed by atoms with Gasteiger partial charge in [-0.15, -0.1) is 0 Å². The van der Waals surface area contributed by atoms with Crippen molar-refractivity contribution in [3.63, 3.8) is 0 Å². The molecular weight excluding hydrogens is 316 g/mol. The zero-order chi connectivity index (χ0) is 17.2. The zero-order valence-electron chi connectivity index (χ0n) is 13.9. The Kier molecular flexibility index (Phi) is 3.97. The summed E-state index contributed by atoms with van der Waals surface area (Å²) in [5, 5.41) is 11.9. The van der Waals surface area contributed by atoms with Gasteiger partial charge in [-0.3, -0.25) is 10.4 Å². The van der Waals surface area contributed by atoms with Crippen molar-refractivity contribution in [3.8, 4) is 0 Å². The molecule has 0 aliphatic heterocycles. The fourth-order valence-corrected chi connectivity index (χ4v) is 2.93. The summed E-state index contributed by atoms with van der Waals surface area (Å²) < 4.78 is 2.24. The summed E-state index contributed by atoms with van der Waals surface area (Å²) in [6.45, 7) is 2.17. The first-order valence-corrected chi connectivity index (χ1v) is 8.41. The number of urea groups is 1. The smallest absolute Gasteiger partial charge is 0.324 e. The number of aromatic nitrogens is 4. The Morgan fingerprint density at radius 2 is 2.00 bits per heavy atom. The number of carbonyl (C=O) groups excluding carboxylic acids is 1. The van der Waals surface area contributed by atoms with Gasteiger partial charge in [0.05, 0.1) is 12.2 Å². The van der Waals surface area contributed by atoms with E-state index in [0.717, 1.165) is 5.69 Å². The molecule has 0 saturated heterocycles. The van der Waals surface area contributed by atoms with Crippen molar-refractivity contribution < 1.29 is 4.79 Å². The SMILES string of the molecule is C[C@@H](c1ccc(NC(=O)Nc2ccn[nH]2)cc1)n1ccnc1C1CC1. The van der Waals surface area contributed by atoms with Gasteiger partial charge in [-0.25, -0.2) is 9.78 Å². The normalized spacial score (nSPS) is 14.9. The van der Waals surface area contributed by atoms with Gasteiger partial charge in [-0.05, 0) is 37.5 Å². The Bertz CT molecular complexity index is 848. The van der Waals surface area contributed by atoms with E-state index in [1.165, 1.54) is 24.2 Å². The van der Waals surface area contributed by atoms with E-state index in [0.29, 0.717) is 11.7 Å². The highest BCUT2D eigenvalue weighted by atomic mass is 16.2. The topological polar surface area (TPSA) is 87.6 Å².